The van der Waals surface area contributed by atoms with Crippen molar-refractivity contribution in [2.75, 3.05) is 0 Å². The number of aliphatic hydroxyl groups excluding tert-OH is 1. The zero-order valence-corrected chi connectivity index (χ0v) is 9.74. The molecule has 1 aromatic heterocycles. The predicted octanol–water partition coefficient (Wildman–Crippen LogP) is 2.69. The van der Waals surface area contributed by atoms with E-state index in [0.29, 0.717) is 10.9 Å². The summed E-state index contributed by atoms with van der Waals surface area (Å²) >= 11 is 6.02. The van der Waals surface area contributed by atoms with Gasteiger partial charge in [0.2, 0.25) is 0 Å². The molecule has 84 valence electrons. The monoisotopic (exact) mass is 228 g/mol. The van der Waals surface area contributed by atoms with Gasteiger partial charge >= 0.3 is 0 Å². The summed E-state index contributed by atoms with van der Waals surface area (Å²) in [5.41, 5.74) is 0.767. The lowest BCUT2D eigenvalue weighted by Gasteiger charge is -2.26. The van der Waals surface area contributed by atoms with Gasteiger partial charge in [-0.05, 0) is 18.8 Å². The number of aryl methyl sites for hydroxylation is 1. The molecule has 1 atom stereocenters. The van der Waals surface area contributed by atoms with E-state index < -0.39 is 6.10 Å². The van der Waals surface area contributed by atoms with Crippen LogP contribution in [0, 0.1) is 5.92 Å². The van der Waals surface area contributed by atoms with Crippen LogP contribution < -0.4 is 0 Å². The molecule has 0 amide bonds. The molecule has 1 aliphatic rings. The maximum atomic E-state index is 10.3. The van der Waals surface area contributed by atoms with Gasteiger partial charge in [0.1, 0.15) is 0 Å². The average Bonchev–Trinajstić information content (AvgIpc) is 2.59. The van der Waals surface area contributed by atoms with Gasteiger partial charge in [-0.2, -0.15) is 5.10 Å². The minimum Gasteiger partial charge on any atom is -0.386 e. The first-order chi connectivity index (χ1) is 7.20. The van der Waals surface area contributed by atoms with E-state index in [1.807, 2.05) is 7.05 Å². The summed E-state index contributed by atoms with van der Waals surface area (Å²) in [4.78, 5) is 0. The van der Waals surface area contributed by atoms with E-state index in [1.54, 1.807) is 10.9 Å². The molecule has 1 unspecified atom stereocenters. The van der Waals surface area contributed by atoms with Crippen LogP contribution >= 0.6 is 11.6 Å². The third-order valence-corrected chi connectivity index (χ3v) is 3.61. The van der Waals surface area contributed by atoms with Gasteiger partial charge in [-0.3, -0.25) is 4.68 Å². The Bertz CT molecular complexity index is 312. The second-order valence-electron chi connectivity index (χ2n) is 4.34. The van der Waals surface area contributed by atoms with E-state index in [4.69, 9.17) is 11.6 Å². The van der Waals surface area contributed by atoms with Crippen LogP contribution in [0.4, 0.5) is 0 Å². The molecule has 0 spiro atoms. The molecule has 3 nitrogen and oxygen atoms in total. The summed E-state index contributed by atoms with van der Waals surface area (Å²) in [5.74, 6) is 0.353. The number of halogens is 1. The fourth-order valence-corrected chi connectivity index (χ4v) is 2.70. The molecule has 4 heteroatoms. The number of aliphatic hydroxyl groups is 1. The van der Waals surface area contributed by atoms with Crippen LogP contribution in [0.25, 0.3) is 0 Å². The molecule has 15 heavy (non-hydrogen) atoms. The quantitative estimate of drug-likeness (QED) is 0.845. The van der Waals surface area contributed by atoms with Crippen molar-refractivity contribution in [2.24, 2.45) is 13.0 Å². The third kappa shape index (κ3) is 2.18. The van der Waals surface area contributed by atoms with Gasteiger partial charge in [0.05, 0.1) is 23.0 Å². The predicted molar refractivity (Wildman–Crippen MR) is 59.8 cm³/mol. The second kappa shape index (κ2) is 4.54. The van der Waals surface area contributed by atoms with Gasteiger partial charge in [-0.1, -0.05) is 30.9 Å². The Morgan fingerprint density at radius 2 is 2.13 bits per heavy atom. The minimum absolute atomic E-state index is 0.353. The Balaban J connectivity index is 2.15. The van der Waals surface area contributed by atoms with Crippen molar-refractivity contribution in [1.82, 2.24) is 9.78 Å². The highest BCUT2D eigenvalue weighted by molar-refractivity contribution is 6.31. The van der Waals surface area contributed by atoms with E-state index in [0.717, 1.165) is 18.5 Å². The molecule has 0 aromatic carbocycles. The van der Waals surface area contributed by atoms with Crippen molar-refractivity contribution in [1.29, 1.82) is 0 Å². The highest BCUT2D eigenvalue weighted by atomic mass is 35.5. The maximum Gasteiger partial charge on any atom is 0.0999 e. The fourth-order valence-electron chi connectivity index (χ4n) is 2.43. The first kappa shape index (κ1) is 11.0. The standard InChI is InChI=1S/C11H17ClN2O/c1-14-10(9(12)7-13-14)11(15)8-5-3-2-4-6-8/h7-8,11,15H,2-6H2,1H3. The highest BCUT2D eigenvalue weighted by Gasteiger charge is 2.26. The van der Waals surface area contributed by atoms with Crippen LogP contribution in [-0.2, 0) is 7.05 Å². The molecule has 2 rings (SSSR count). The van der Waals surface area contributed by atoms with Gasteiger partial charge in [0.25, 0.3) is 0 Å². The number of aromatic nitrogens is 2. The molecule has 1 fully saturated rings. The first-order valence-electron chi connectivity index (χ1n) is 5.55. The van der Waals surface area contributed by atoms with Gasteiger partial charge < -0.3 is 5.11 Å². The van der Waals surface area contributed by atoms with Crippen LogP contribution in [0.3, 0.4) is 0 Å². The van der Waals surface area contributed by atoms with Crippen molar-refractivity contribution in [3.8, 4) is 0 Å². The van der Waals surface area contributed by atoms with Crippen LogP contribution in [0.15, 0.2) is 6.20 Å². The van der Waals surface area contributed by atoms with Crippen molar-refractivity contribution in [3.05, 3.63) is 16.9 Å². The zero-order chi connectivity index (χ0) is 10.8. The van der Waals surface area contributed by atoms with Crippen LogP contribution in [0.2, 0.25) is 5.02 Å². The number of hydrogen-bond acceptors (Lipinski definition) is 2. The van der Waals surface area contributed by atoms with Crippen LogP contribution in [-0.4, -0.2) is 14.9 Å². The largest absolute Gasteiger partial charge is 0.386 e. The van der Waals surface area contributed by atoms with Crippen LogP contribution in [0.1, 0.15) is 43.9 Å². The Morgan fingerprint density at radius 1 is 1.47 bits per heavy atom. The van der Waals surface area contributed by atoms with E-state index >= 15 is 0 Å². The SMILES string of the molecule is Cn1ncc(Cl)c1C(O)C1CCCCC1. The summed E-state index contributed by atoms with van der Waals surface area (Å²) < 4.78 is 1.68. The lowest BCUT2D eigenvalue weighted by Crippen LogP contribution is -2.18. The first-order valence-corrected chi connectivity index (χ1v) is 5.93. The molecule has 0 saturated heterocycles. The number of hydrogen-bond donors (Lipinski definition) is 1. The fraction of sp³-hybridized carbons (Fsp3) is 0.727. The molecule has 0 radical (unpaired) electrons. The Labute approximate surface area is 95.0 Å². The second-order valence-corrected chi connectivity index (χ2v) is 4.75. The van der Waals surface area contributed by atoms with E-state index in [9.17, 15) is 5.11 Å². The molecule has 1 aromatic rings. The molecule has 0 bridgehead atoms. The van der Waals surface area contributed by atoms with Crippen molar-refractivity contribution < 1.29 is 5.11 Å². The molecule has 1 heterocycles. The topological polar surface area (TPSA) is 38.0 Å². The van der Waals surface area contributed by atoms with Gasteiger partial charge in [0.15, 0.2) is 0 Å². The van der Waals surface area contributed by atoms with Crippen molar-refractivity contribution >= 4 is 11.6 Å². The number of nitrogens with zero attached hydrogens (tertiary/aromatic N) is 2. The highest BCUT2D eigenvalue weighted by Crippen LogP contribution is 2.36. The van der Waals surface area contributed by atoms with E-state index in [-0.39, 0.29) is 0 Å². The molecule has 1 saturated carbocycles. The van der Waals surface area contributed by atoms with E-state index in [1.165, 1.54) is 19.3 Å². The average molecular weight is 229 g/mol. The summed E-state index contributed by atoms with van der Waals surface area (Å²) in [6, 6.07) is 0. The lowest BCUT2D eigenvalue weighted by atomic mass is 9.84. The summed E-state index contributed by atoms with van der Waals surface area (Å²) in [5, 5.41) is 14.9. The van der Waals surface area contributed by atoms with Gasteiger partial charge in [-0.15, -0.1) is 0 Å². The summed E-state index contributed by atoms with van der Waals surface area (Å²) in [6.45, 7) is 0. The van der Waals surface area contributed by atoms with Crippen molar-refractivity contribution in [3.63, 3.8) is 0 Å². The Kier molecular flexibility index (Phi) is 3.32. The zero-order valence-electron chi connectivity index (χ0n) is 8.99. The maximum absolute atomic E-state index is 10.3. The van der Waals surface area contributed by atoms with Gasteiger partial charge in [-0.25, -0.2) is 0 Å². The summed E-state index contributed by atoms with van der Waals surface area (Å²) in [6.07, 6.45) is 7.08. The van der Waals surface area contributed by atoms with Gasteiger partial charge in [0, 0.05) is 7.05 Å². The Hall–Kier alpha value is -0.540. The van der Waals surface area contributed by atoms with Crippen LogP contribution in [0.5, 0.6) is 0 Å². The normalized spacial score (nSPS) is 20.5. The molecule has 1 aliphatic carbocycles. The lowest BCUT2D eigenvalue weighted by molar-refractivity contribution is 0.0778. The third-order valence-electron chi connectivity index (χ3n) is 3.31. The number of rotatable bonds is 2. The van der Waals surface area contributed by atoms with E-state index in [2.05, 4.69) is 5.10 Å². The molecule has 1 N–H and O–H groups in total. The molecular formula is C11H17ClN2O. The molecular weight excluding hydrogens is 212 g/mol. The smallest absolute Gasteiger partial charge is 0.0999 e. The van der Waals surface area contributed by atoms with Crippen molar-refractivity contribution in [2.45, 2.75) is 38.2 Å². The Morgan fingerprint density at radius 3 is 2.67 bits per heavy atom. The summed E-state index contributed by atoms with van der Waals surface area (Å²) in [7, 11) is 1.83. The molecule has 0 aliphatic heterocycles. The minimum atomic E-state index is -0.453.